The minimum atomic E-state index is 0. The van der Waals surface area contributed by atoms with Crippen LogP contribution in [0.5, 0.6) is 0 Å². The summed E-state index contributed by atoms with van der Waals surface area (Å²) in [4.78, 5) is 14.5. The molecular weight excluding hydrogens is 296 g/mol. The molecule has 0 radical (unpaired) electrons. The number of unbranched alkanes of at least 4 members (excludes halogenated alkanes) is 3. The molecular formula is C18H31ClN2O. The zero-order chi connectivity index (χ0) is 15.5. The lowest BCUT2D eigenvalue weighted by molar-refractivity contribution is -0.134. The summed E-state index contributed by atoms with van der Waals surface area (Å²) < 4.78 is 0. The minimum Gasteiger partial charge on any atom is -0.336 e. The molecule has 1 rings (SSSR count). The van der Waals surface area contributed by atoms with Gasteiger partial charge in [0.1, 0.15) is 0 Å². The molecule has 2 N–H and O–H groups in total. The molecule has 1 aromatic rings. The summed E-state index contributed by atoms with van der Waals surface area (Å²) in [6.07, 6.45) is 5.91. The monoisotopic (exact) mass is 326 g/mol. The molecule has 0 aliphatic carbocycles. The highest BCUT2D eigenvalue weighted by atomic mass is 35.5. The van der Waals surface area contributed by atoms with Crippen molar-refractivity contribution >= 4 is 18.3 Å². The molecule has 3 nitrogen and oxygen atoms in total. The van der Waals surface area contributed by atoms with Crippen LogP contribution in [-0.2, 0) is 11.3 Å². The topological polar surface area (TPSA) is 46.3 Å². The van der Waals surface area contributed by atoms with E-state index in [9.17, 15) is 4.79 Å². The molecule has 0 spiro atoms. The summed E-state index contributed by atoms with van der Waals surface area (Å²) in [5.74, 6) is 0.279. The highest BCUT2D eigenvalue weighted by Gasteiger charge is 2.18. The molecule has 0 fully saturated rings. The van der Waals surface area contributed by atoms with Gasteiger partial charge in [-0.25, -0.2) is 0 Å². The SMILES string of the molecule is CCC(C)N(Cc1ccccc1)C(=O)CCCCCCN.Cl. The average Bonchev–Trinajstić information content (AvgIpc) is 2.52. The third-order valence-corrected chi connectivity index (χ3v) is 3.98. The Hall–Kier alpha value is -1.06. The first-order valence-electron chi connectivity index (χ1n) is 8.22. The molecule has 4 heteroatoms. The first-order chi connectivity index (χ1) is 10.2. The van der Waals surface area contributed by atoms with Gasteiger partial charge in [0, 0.05) is 19.0 Å². The number of nitrogens with zero attached hydrogens (tertiary/aromatic N) is 1. The second kappa shape index (κ2) is 12.5. The van der Waals surface area contributed by atoms with Gasteiger partial charge in [0.05, 0.1) is 0 Å². The summed E-state index contributed by atoms with van der Waals surface area (Å²) in [5.41, 5.74) is 6.69. The van der Waals surface area contributed by atoms with Crippen LogP contribution < -0.4 is 5.73 Å². The van der Waals surface area contributed by atoms with Crippen molar-refractivity contribution in [3.63, 3.8) is 0 Å². The lowest BCUT2D eigenvalue weighted by Crippen LogP contribution is -2.37. The van der Waals surface area contributed by atoms with Gasteiger partial charge in [-0.15, -0.1) is 12.4 Å². The first-order valence-corrected chi connectivity index (χ1v) is 8.22. The molecule has 0 aromatic heterocycles. The van der Waals surface area contributed by atoms with Crippen LogP contribution in [0, 0.1) is 0 Å². The number of carbonyl (C=O) groups excluding carboxylic acids is 1. The highest BCUT2D eigenvalue weighted by molar-refractivity contribution is 5.85. The van der Waals surface area contributed by atoms with Crippen molar-refractivity contribution in [2.24, 2.45) is 5.73 Å². The number of nitrogens with two attached hydrogens (primary N) is 1. The smallest absolute Gasteiger partial charge is 0.223 e. The zero-order valence-corrected chi connectivity index (χ0v) is 14.8. The third-order valence-electron chi connectivity index (χ3n) is 3.98. The summed E-state index contributed by atoms with van der Waals surface area (Å²) in [7, 11) is 0. The number of amides is 1. The van der Waals surface area contributed by atoms with Gasteiger partial charge in [-0.2, -0.15) is 0 Å². The quantitative estimate of drug-likeness (QED) is 0.657. The van der Waals surface area contributed by atoms with Crippen LogP contribution in [-0.4, -0.2) is 23.4 Å². The van der Waals surface area contributed by atoms with E-state index in [1.54, 1.807) is 0 Å². The summed E-state index contributed by atoms with van der Waals surface area (Å²) >= 11 is 0. The zero-order valence-electron chi connectivity index (χ0n) is 14.0. The maximum Gasteiger partial charge on any atom is 0.223 e. The largest absolute Gasteiger partial charge is 0.336 e. The van der Waals surface area contributed by atoms with E-state index in [1.165, 1.54) is 5.56 Å². The Bertz CT molecular complexity index is 397. The fourth-order valence-corrected chi connectivity index (χ4v) is 2.41. The molecule has 1 atom stereocenters. The van der Waals surface area contributed by atoms with Crippen molar-refractivity contribution in [3.05, 3.63) is 35.9 Å². The van der Waals surface area contributed by atoms with E-state index >= 15 is 0 Å². The van der Waals surface area contributed by atoms with E-state index in [1.807, 2.05) is 23.1 Å². The summed E-state index contributed by atoms with van der Waals surface area (Å²) in [5, 5.41) is 0. The molecule has 1 aromatic carbocycles. The Kier molecular flexibility index (Phi) is 11.9. The first kappa shape index (κ1) is 20.9. The van der Waals surface area contributed by atoms with E-state index in [0.29, 0.717) is 12.5 Å². The van der Waals surface area contributed by atoms with E-state index in [0.717, 1.165) is 45.2 Å². The lowest BCUT2D eigenvalue weighted by atomic mass is 10.1. The van der Waals surface area contributed by atoms with Crippen molar-refractivity contribution in [3.8, 4) is 0 Å². The molecule has 1 amide bonds. The molecule has 0 heterocycles. The van der Waals surface area contributed by atoms with Gasteiger partial charge >= 0.3 is 0 Å². The number of rotatable bonds is 10. The van der Waals surface area contributed by atoms with Gasteiger partial charge in [0.25, 0.3) is 0 Å². The van der Waals surface area contributed by atoms with Crippen molar-refractivity contribution in [2.45, 2.75) is 65.0 Å². The summed E-state index contributed by atoms with van der Waals surface area (Å²) in [6.45, 7) is 5.74. The van der Waals surface area contributed by atoms with Crippen molar-refractivity contribution in [1.29, 1.82) is 0 Å². The molecule has 0 bridgehead atoms. The van der Waals surface area contributed by atoms with Crippen LogP contribution in [0.25, 0.3) is 0 Å². The van der Waals surface area contributed by atoms with Crippen LogP contribution in [0.15, 0.2) is 30.3 Å². The second-order valence-electron chi connectivity index (χ2n) is 5.72. The third kappa shape index (κ3) is 7.81. The van der Waals surface area contributed by atoms with E-state index in [-0.39, 0.29) is 18.3 Å². The van der Waals surface area contributed by atoms with Crippen LogP contribution >= 0.6 is 12.4 Å². The van der Waals surface area contributed by atoms with Crippen LogP contribution in [0.2, 0.25) is 0 Å². The standard InChI is InChI=1S/C18H30N2O.ClH/c1-3-16(2)20(15-17-11-7-6-8-12-17)18(21)13-9-4-5-10-14-19;/h6-8,11-12,16H,3-5,9-10,13-15,19H2,1-2H3;1H. The number of benzene rings is 1. The minimum absolute atomic E-state index is 0. The van der Waals surface area contributed by atoms with Gasteiger partial charge in [-0.05, 0) is 38.3 Å². The van der Waals surface area contributed by atoms with Crippen LogP contribution in [0.1, 0.15) is 57.9 Å². The molecule has 0 saturated carbocycles. The highest BCUT2D eigenvalue weighted by Crippen LogP contribution is 2.14. The Morgan fingerprint density at radius 2 is 1.77 bits per heavy atom. The van der Waals surface area contributed by atoms with Gasteiger partial charge in [-0.1, -0.05) is 50.1 Å². The molecule has 0 saturated heterocycles. The average molecular weight is 327 g/mol. The maximum atomic E-state index is 12.5. The molecule has 126 valence electrons. The van der Waals surface area contributed by atoms with Gasteiger partial charge in [-0.3, -0.25) is 4.79 Å². The van der Waals surface area contributed by atoms with Crippen molar-refractivity contribution < 1.29 is 4.79 Å². The number of carbonyl (C=O) groups is 1. The summed E-state index contributed by atoms with van der Waals surface area (Å²) in [6, 6.07) is 10.5. The maximum absolute atomic E-state index is 12.5. The van der Waals surface area contributed by atoms with E-state index in [2.05, 4.69) is 26.0 Å². The van der Waals surface area contributed by atoms with Gasteiger partial charge in [0.15, 0.2) is 0 Å². The van der Waals surface area contributed by atoms with Crippen molar-refractivity contribution in [2.75, 3.05) is 6.54 Å². The second-order valence-corrected chi connectivity index (χ2v) is 5.72. The molecule has 0 aliphatic heterocycles. The van der Waals surface area contributed by atoms with Crippen LogP contribution in [0.4, 0.5) is 0 Å². The Morgan fingerprint density at radius 1 is 1.14 bits per heavy atom. The Labute approximate surface area is 141 Å². The molecule has 22 heavy (non-hydrogen) atoms. The van der Waals surface area contributed by atoms with Crippen LogP contribution in [0.3, 0.4) is 0 Å². The molecule has 0 aliphatic rings. The number of hydrogen-bond acceptors (Lipinski definition) is 2. The van der Waals surface area contributed by atoms with Crippen molar-refractivity contribution in [1.82, 2.24) is 4.90 Å². The number of hydrogen-bond donors (Lipinski definition) is 1. The van der Waals surface area contributed by atoms with Gasteiger partial charge in [0.2, 0.25) is 5.91 Å². The lowest BCUT2D eigenvalue weighted by Gasteiger charge is -2.29. The Morgan fingerprint density at radius 3 is 2.36 bits per heavy atom. The van der Waals surface area contributed by atoms with E-state index < -0.39 is 0 Å². The predicted molar refractivity (Wildman–Crippen MR) is 96.1 cm³/mol. The molecule has 1 unspecified atom stereocenters. The fourth-order valence-electron chi connectivity index (χ4n) is 2.41. The number of halogens is 1. The normalized spacial score (nSPS) is 11.6. The van der Waals surface area contributed by atoms with Gasteiger partial charge < -0.3 is 10.6 Å². The Balaban J connectivity index is 0.00000441. The predicted octanol–water partition coefficient (Wildman–Crippen LogP) is 4.14. The van der Waals surface area contributed by atoms with E-state index in [4.69, 9.17) is 5.73 Å². The fraction of sp³-hybridized carbons (Fsp3) is 0.611.